The molecule has 0 bridgehead atoms. The van der Waals surface area contributed by atoms with Gasteiger partial charge in [0.1, 0.15) is 11.6 Å². The Hall–Kier alpha value is -2.90. The normalized spacial score (nSPS) is 13.0. The quantitative estimate of drug-likeness (QED) is 0.188. The van der Waals surface area contributed by atoms with Crippen LogP contribution in [0.2, 0.25) is 0 Å². The molecule has 4 rings (SSSR count). The van der Waals surface area contributed by atoms with Crippen LogP contribution in [0.3, 0.4) is 0 Å². The zero-order valence-corrected chi connectivity index (χ0v) is 16.9. The van der Waals surface area contributed by atoms with Crippen molar-refractivity contribution in [1.82, 2.24) is 0 Å². The van der Waals surface area contributed by atoms with E-state index >= 15 is 0 Å². The van der Waals surface area contributed by atoms with Crippen molar-refractivity contribution in [1.29, 1.82) is 0 Å². The highest BCUT2D eigenvalue weighted by atomic mass is 32.1. The van der Waals surface area contributed by atoms with Crippen LogP contribution in [0.1, 0.15) is 34.1 Å². The van der Waals surface area contributed by atoms with E-state index in [1.54, 1.807) is 35.6 Å². The van der Waals surface area contributed by atoms with Crippen molar-refractivity contribution < 1.29 is 8.78 Å². The molecular weight excluding hydrogens is 404 g/mol. The number of nitrogens with zero attached hydrogens (tertiary/aromatic N) is 1. The summed E-state index contributed by atoms with van der Waals surface area (Å²) >= 11 is 6.15. The lowest BCUT2D eigenvalue weighted by atomic mass is 10.0. The molecule has 1 heterocycles. The fourth-order valence-corrected chi connectivity index (χ4v) is 4.35. The zero-order valence-electron chi connectivity index (χ0n) is 15.3. The minimum atomic E-state index is -0.676. The summed E-state index contributed by atoms with van der Waals surface area (Å²) in [4.78, 5) is 5.94. The lowest BCUT2D eigenvalue weighted by molar-refractivity contribution is 0.578. The van der Waals surface area contributed by atoms with Crippen molar-refractivity contribution in [2.75, 3.05) is 0 Å². The third-order valence-electron chi connectivity index (χ3n) is 4.77. The van der Waals surface area contributed by atoms with E-state index in [-0.39, 0.29) is 5.56 Å². The predicted octanol–water partition coefficient (Wildman–Crippen LogP) is 7.26. The van der Waals surface area contributed by atoms with Crippen LogP contribution in [0.25, 0.3) is 11.1 Å². The molecule has 0 atom stereocenters. The Morgan fingerprint density at radius 1 is 0.897 bits per heavy atom. The van der Waals surface area contributed by atoms with Crippen molar-refractivity contribution in [2.24, 2.45) is 4.99 Å². The van der Waals surface area contributed by atoms with Gasteiger partial charge in [0.05, 0.1) is 21.3 Å². The lowest BCUT2D eigenvalue weighted by Gasteiger charge is -2.05. The molecule has 0 unspecified atom stereocenters. The van der Waals surface area contributed by atoms with Gasteiger partial charge in [-0.05, 0) is 72.6 Å². The van der Waals surface area contributed by atoms with Gasteiger partial charge in [0.25, 0.3) is 0 Å². The number of allylic oxidation sites excluding steroid dienone is 2. The van der Waals surface area contributed by atoms with Crippen molar-refractivity contribution in [3.05, 3.63) is 87.6 Å². The molecule has 5 heteroatoms. The highest BCUT2D eigenvalue weighted by molar-refractivity contribution is 7.78. The molecule has 142 valence electrons. The van der Waals surface area contributed by atoms with E-state index < -0.39 is 11.6 Å². The number of isothiocyanates is 1. The molecule has 1 aliphatic rings. The second kappa shape index (κ2) is 8.63. The molecule has 0 saturated heterocycles. The van der Waals surface area contributed by atoms with Gasteiger partial charge < -0.3 is 0 Å². The maximum atomic E-state index is 14.6. The maximum absolute atomic E-state index is 14.6. The van der Waals surface area contributed by atoms with E-state index in [0.29, 0.717) is 22.7 Å². The fourth-order valence-electron chi connectivity index (χ4n) is 3.25. The summed E-state index contributed by atoms with van der Waals surface area (Å²) in [5, 5.41) is 2.28. The first-order valence-electron chi connectivity index (χ1n) is 9.08. The summed E-state index contributed by atoms with van der Waals surface area (Å²) in [7, 11) is 0. The second-order valence-electron chi connectivity index (χ2n) is 6.66. The van der Waals surface area contributed by atoms with Gasteiger partial charge in [-0.3, -0.25) is 0 Å². The summed E-state index contributed by atoms with van der Waals surface area (Å²) in [5.74, 6) is 4.72. The molecule has 0 fully saturated rings. The first-order valence-corrected chi connectivity index (χ1v) is 10.3. The van der Waals surface area contributed by atoms with Gasteiger partial charge in [0.15, 0.2) is 0 Å². The Morgan fingerprint density at radius 2 is 1.59 bits per heavy atom. The van der Waals surface area contributed by atoms with Crippen LogP contribution < -0.4 is 0 Å². The maximum Gasteiger partial charge on any atom is 0.142 e. The molecule has 3 aromatic rings. The number of thiophene rings is 1. The molecule has 0 aliphatic heterocycles. The zero-order chi connectivity index (χ0) is 20.2. The Labute approximate surface area is 177 Å². The minimum Gasteiger partial charge on any atom is -0.205 e. The largest absolute Gasteiger partial charge is 0.205 e. The average molecular weight is 420 g/mol. The first-order chi connectivity index (χ1) is 14.1. The van der Waals surface area contributed by atoms with Crippen LogP contribution in [0, 0.1) is 23.5 Å². The van der Waals surface area contributed by atoms with E-state index in [1.807, 2.05) is 6.07 Å². The topological polar surface area (TPSA) is 12.4 Å². The number of aliphatic imine (C=N–C) groups is 1. The molecule has 0 amide bonds. The van der Waals surface area contributed by atoms with E-state index in [1.165, 1.54) is 17.0 Å². The van der Waals surface area contributed by atoms with Crippen molar-refractivity contribution >= 4 is 34.4 Å². The van der Waals surface area contributed by atoms with Gasteiger partial charge in [-0.2, -0.15) is 4.99 Å². The number of hydrogen-bond donors (Lipinski definition) is 0. The lowest BCUT2D eigenvalue weighted by Crippen LogP contribution is -1.92. The van der Waals surface area contributed by atoms with Gasteiger partial charge in [0.2, 0.25) is 0 Å². The second-order valence-corrected chi connectivity index (χ2v) is 7.95. The van der Waals surface area contributed by atoms with Crippen LogP contribution in [0.15, 0.2) is 65.7 Å². The van der Waals surface area contributed by atoms with Crippen molar-refractivity contribution in [3.8, 4) is 23.0 Å². The van der Waals surface area contributed by atoms with Gasteiger partial charge in [-0.1, -0.05) is 36.1 Å². The molecule has 1 nitrogen and oxygen atoms in total. The Kier molecular flexibility index (Phi) is 5.78. The molecule has 1 aromatic heterocycles. The number of rotatable bonds is 3. The number of thiocarbonyl (C=S) groups is 1. The molecule has 0 saturated carbocycles. The Balaban J connectivity index is 1.58. The standard InChI is InChI=1S/C24H15F2NS2/c25-22-13-18(16-5-7-19(8-6-16)27-15-28)14-23(26)21(22)11-9-20-10-12-24(29-20)17-3-1-2-4-17/h1-2,5-8,10,12-14,17H,3-4H2. The minimum absolute atomic E-state index is 0.215. The molecule has 29 heavy (non-hydrogen) atoms. The third-order valence-corrected chi connectivity index (χ3v) is 6.02. The summed E-state index contributed by atoms with van der Waals surface area (Å²) in [5.41, 5.74) is 1.54. The van der Waals surface area contributed by atoms with E-state index in [4.69, 9.17) is 0 Å². The van der Waals surface area contributed by atoms with Gasteiger partial charge in [-0.25, -0.2) is 8.78 Å². The summed E-state index contributed by atoms with van der Waals surface area (Å²) in [6.07, 6.45) is 6.44. The number of halogens is 2. The van der Waals surface area contributed by atoms with Crippen molar-refractivity contribution in [2.45, 2.75) is 18.8 Å². The Bertz CT molecular complexity index is 1160. The van der Waals surface area contributed by atoms with Crippen LogP contribution in [-0.4, -0.2) is 5.16 Å². The summed E-state index contributed by atoms with van der Waals surface area (Å²) in [6.45, 7) is 0. The molecule has 0 radical (unpaired) electrons. The smallest absolute Gasteiger partial charge is 0.142 e. The Morgan fingerprint density at radius 3 is 2.24 bits per heavy atom. The van der Waals surface area contributed by atoms with E-state index in [0.717, 1.165) is 17.7 Å². The van der Waals surface area contributed by atoms with Crippen LogP contribution in [0.5, 0.6) is 0 Å². The molecular formula is C24H15F2NS2. The predicted molar refractivity (Wildman–Crippen MR) is 118 cm³/mol. The van der Waals surface area contributed by atoms with Crippen molar-refractivity contribution in [3.63, 3.8) is 0 Å². The number of hydrogen-bond acceptors (Lipinski definition) is 3. The van der Waals surface area contributed by atoms with Crippen LogP contribution >= 0.6 is 23.6 Å². The van der Waals surface area contributed by atoms with Crippen LogP contribution in [-0.2, 0) is 0 Å². The number of benzene rings is 2. The average Bonchev–Trinajstić information content (AvgIpc) is 3.40. The van der Waals surface area contributed by atoms with Crippen LogP contribution in [0.4, 0.5) is 14.5 Å². The van der Waals surface area contributed by atoms with Gasteiger partial charge >= 0.3 is 0 Å². The summed E-state index contributed by atoms with van der Waals surface area (Å²) in [6, 6.07) is 13.5. The first kappa shape index (κ1) is 19.4. The molecule has 2 aromatic carbocycles. The molecule has 0 N–H and O–H groups in total. The summed E-state index contributed by atoms with van der Waals surface area (Å²) < 4.78 is 29.1. The SMILES string of the molecule is Fc1cc(-c2ccc(N=C=S)cc2)cc(F)c1C#Cc1ccc(C2CC=CC2)s1. The van der Waals surface area contributed by atoms with E-state index in [2.05, 4.69) is 52.4 Å². The highest BCUT2D eigenvalue weighted by Gasteiger charge is 2.15. The molecule has 1 aliphatic carbocycles. The van der Waals surface area contributed by atoms with Gasteiger partial charge in [0, 0.05) is 10.8 Å². The third kappa shape index (κ3) is 4.41. The monoisotopic (exact) mass is 419 g/mol. The fraction of sp³-hybridized carbons (Fsp3) is 0.125. The van der Waals surface area contributed by atoms with Gasteiger partial charge in [-0.15, -0.1) is 11.3 Å². The van der Waals surface area contributed by atoms with E-state index in [9.17, 15) is 8.78 Å². The molecule has 0 spiro atoms. The highest BCUT2D eigenvalue weighted by Crippen LogP contribution is 2.34.